The van der Waals surface area contributed by atoms with Gasteiger partial charge in [0.25, 0.3) is 0 Å². The summed E-state index contributed by atoms with van der Waals surface area (Å²) in [4.78, 5) is -0.668. The summed E-state index contributed by atoms with van der Waals surface area (Å²) in [5.74, 6) is 3.91. The maximum Gasteiger partial charge on any atom is 0.393 e. The molecule has 1 fully saturated rings. The molecular weight excluding hydrogens is 605 g/mol. The fourth-order valence-corrected chi connectivity index (χ4v) is 6.76. The molecule has 3 aromatic rings. The number of hydrogen-bond acceptors (Lipinski definition) is 8. The van der Waals surface area contributed by atoms with Crippen LogP contribution in [0.3, 0.4) is 0 Å². The monoisotopic (exact) mass is 633 g/mol. The van der Waals surface area contributed by atoms with Gasteiger partial charge in [0.1, 0.15) is 22.7 Å². The summed E-state index contributed by atoms with van der Waals surface area (Å²) >= 11 is 1.13. The van der Waals surface area contributed by atoms with Crippen LogP contribution in [0.1, 0.15) is 30.2 Å². The molecule has 1 aliphatic rings. The van der Waals surface area contributed by atoms with E-state index in [9.17, 15) is 35.5 Å². The average Bonchev–Trinajstić information content (AvgIpc) is 3.24. The van der Waals surface area contributed by atoms with E-state index in [0.29, 0.717) is 29.0 Å². The molecule has 8 nitrogen and oxygen atoms in total. The van der Waals surface area contributed by atoms with Crippen LogP contribution >= 0.6 is 11.3 Å². The number of sulfonamides is 1. The molecule has 1 aromatic heterocycles. The number of alkyl halides is 4. The highest BCUT2D eigenvalue weighted by atomic mass is 32.2. The van der Waals surface area contributed by atoms with Gasteiger partial charge < -0.3 is 25.2 Å². The average molecular weight is 634 g/mol. The number of rotatable bonds is 10. The maximum absolute atomic E-state index is 14.7. The minimum Gasteiger partial charge on any atom is -0.461 e. The molecule has 0 bridgehead atoms. The van der Waals surface area contributed by atoms with Gasteiger partial charge in [-0.3, -0.25) is 0 Å². The number of benzene rings is 2. The van der Waals surface area contributed by atoms with Gasteiger partial charge in [0.05, 0.1) is 33.9 Å². The molecule has 2 heterocycles. The highest BCUT2D eigenvalue weighted by Gasteiger charge is 2.31. The molecule has 228 valence electrons. The van der Waals surface area contributed by atoms with E-state index in [1.807, 2.05) is 6.07 Å². The highest BCUT2D eigenvalue weighted by Crippen LogP contribution is 2.39. The predicted octanol–water partition coefficient (Wildman–Crippen LogP) is 5.12. The first kappa shape index (κ1) is 31.8. The minimum atomic E-state index is -4.49. The van der Waals surface area contributed by atoms with Gasteiger partial charge in [0, 0.05) is 31.4 Å². The van der Waals surface area contributed by atoms with Crippen molar-refractivity contribution in [1.29, 1.82) is 0 Å². The minimum absolute atomic E-state index is 0.0401. The third kappa shape index (κ3) is 8.01. The number of hydrogen-bond donors (Lipinski definition) is 4. The molecule has 0 radical (unpaired) electrons. The first-order valence-corrected chi connectivity index (χ1v) is 15.1. The van der Waals surface area contributed by atoms with Gasteiger partial charge in [-0.2, -0.15) is 17.9 Å². The molecule has 0 saturated carbocycles. The van der Waals surface area contributed by atoms with Crippen LogP contribution in [0, 0.1) is 17.7 Å². The van der Waals surface area contributed by atoms with E-state index in [1.54, 1.807) is 16.9 Å². The molecule has 0 amide bonds. The Kier molecular flexibility index (Phi) is 10.2. The maximum atomic E-state index is 14.7. The number of aliphatic hydroxyl groups excluding tert-OH is 1. The van der Waals surface area contributed by atoms with E-state index in [0.717, 1.165) is 43.2 Å². The standard InChI is InChI=1S/C27H28F5N3O5S2/c1-16(36)35-42(37,38)25-13-23(40-15-28)22(12-20(25)29)33-9-3-6-24-19(14-27(30,31)32)18-4-2-5-21(26(18)41-24)34-17-7-10-39-11-8-17/h2,4-5,12-13,16-17,33-36H,7-11,14-15H2,1H3. The zero-order valence-corrected chi connectivity index (χ0v) is 23.9. The first-order valence-electron chi connectivity index (χ1n) is 12.8. The summed E-state index contributed by atoms with van der Waals surface area (Å²) in [6.07, 6.45) is -5.63. The second-order valence-corrected chi connectivity index (χ2v) is 12.1. The van der Waals surface area contributed by atoms with Gasteiger partial charge >= 0.3 is 6.18 Å². The number of anilines is 2. The van der Waals surface area contributed by atoms with Gasteiger partial charge in [0.15, 0.2) is 0 Å². The van der Waals surface area contributed by atoms with Crippen LogP contribution in [-0.4, -0.2) is 58.6 Å². The van der Waals surface area contributed by atoms with Crippen LogP contribution in [0.5, 0.6) is 5.75 Å². The molecule has 0 aliphatic carbocycles. The van der Waals surface area contributed by atoms with Crippen molar-refractivity contribution in [3.8, 4) is 17.6 Å². The molecule has 1 aliphatic heterocycles. The zero-order chi connectivity index (χ0) is 30.5. The van der Waals surface area contributed by atoms with Crippen molar-refractivity contribution in [3.05, 3.63) is 46.6 Å². The molecule has 1 atom stereocenters. The van der Waals surface area contributed by atoms with Crippen molar-refractivity contribution in [1.82, 2.24) is 4.72 Å². The fourth-order valence-electron chi connectivity index (χ4n) is 4.43. The van der Waals surface area contributed by atoms with E-state index >= 15 is 0 Å². The Bertz CT molecular complexity index is 1580. The number of thiophene rings is 1. The fraction of sp³-hybridized carbons (Fsp3) is 0.407. The Morgan fingerprint density at radius 1 is 1.21 bits per heavy atom. The molecule has 15 heteroatoms. The lowest BCUT2D eigenvalue weighted by Crippen LogP contribution is -2.32. The summed E-state index contributed by atoms with van der Waals surface area (Å²) < 4.78 is 105. The molecule has 2 aromatic carbocycles. The molecule has 0 spiro atoms. The number of nitrogens with one attached hydrogen (secondary N) is 3. The van der Waals surface area contributed by atoms with Gasteiger partial charge in [-0.05, 0) is 36.8 Å². The van der Waals surface area contributed by atoms with Gasteiger partial charge in [-0.15, -0.1) is 11.3 Å². The van der Waals surface area contributed by atoms with Crippen LogP contribution in [0.15, 0.2) is 35.2 Å². The number of halogens is 5. The summed E-state index contributed by atoms with van der Waals surface area (Å²) in [5.41, 5.74) is 0.617. The van der Waals surface area contributed by atoms with E-state index < -0.39 is 46.4 Å². The predicted molar refractivity (Wildman–Crippen MR) is 149 cm³/mol. The van der Waals surface area contributed by atoms with E-state index in [2.05, 4.69) is 22.5 Å². The largest absolute Gasteiger partial charge is 0.461 e. The van der Waals surface area contributed by atoms with Crippen molar-refractivity contribution in [2.45, 2.75) is 49.5 Å². The lowest BCUT2D eigenvalue weighted by atomic mass is 10.1. The Morgan fingerprint density at radius 2 is 1.95 bits per heavy atom. The third-order valence-electron chi connectivity index (χ3n) is 6.21. The lowest BCUT2D eigenvalue weighted by molar-refractivity contribution is -0.126. The van der Waals surface area contributed by atoms with Crippen LogP contribution in [0.2, 0.25) is 0 Å². The second kappa shape index (κ2) is 13.4. The van der Waals surface area contributed by atoms with Crippen LogP contribution in [-0.2, 0) is 21.2 Å². The zero-order valence-electron chi connectivity index (χ0n) is 22.3. The van der Waals surface area contributed by atoms with Gasteiger partial charge in [-0.25, -0.2) is 17.2 Å². The quantitative estimate of drug-likeness (QED) is 0.139. The van der Waals surface area contributed by atoms with Crippen LogP contribution in [0.4, 0.5) is 33.3 Å². The summed E-state index contributed by atoms with van der Waals surface area (Å²) in [5, 5.41) is 15.9. The Morgan fingerprint density at radius 3 is 2.62 bits per heavy atom. The number of aliphatic hydroxyl groups is 1. The van der Waals surface area contributed by atoms with E-state index in [4.69, 9.17) is 9.47 Å². The summed E-state index contributed by atoms with van der Waals surface area (Å²) in [6, 6.07) is 6.75. The molecule has 1 saturated heterocycles. The molecule has 4 N–H and O–H groups in total. The normalized spacial score (nSPS) is 15.2. The molecule has 4 rings (SSSR count). The Labute approximate surface area is 243 Å². The third-order valence-corrected chi connectivity index (χ3v) is 8.94. The van der Waals surface area contributed by atoms with Crippen molar-refractivity contribution >= 4 is 42.8 Å². The van der Waals surface area contributed by atoms with Crippen molar-refractivity contribution in [2.75, 3.05) is 37.3 Å². The first-order chi connectivity index (χ1) is 19.9. The Balaban J connectivity index is 1.61. The summed E-state index contributed by atoms with van der Waals surface area (Å²) in [7, 11) is -4.49. The number of fused-ring (bicyclic) bond motifs is 1. The Hall–Kier alpha value is -3.16. The topological polar surface area (TPSA) is 109 Å². The van der Waals surface area contributed by atoms with Crippen molar-refractivity contribution in [2.24, 2.45) is 0 Å². The van der Waals surface area contributed by atoms with Crippen molar-refractivity contribution in [3.63, 3.8) is 0 Å². The summed E-state index contributed by atoms with van der Waals surface area (Å²) in [6.45, 7) is 0.735. The van der Waals surface area contributed by atoms with Crippen molar-refractivity contribution < 1.29 is 45.0 Å². The SMILES string of the molecule is CC(O)NS(=O)(=O)c1cc(OCF)c(NCC#Cc2sc3c(NC4CCOCC4)cccc3c2CC(F)(F)F)cc1F. The number of ether oxygens (including phenoxy) is 2. The second-order valence-electron chi connectivity index (χ2n) is 9.40. The van der Waals surface area contributed by atoms with Gasteiger partial charge in [-0.1, -0.05) is 24.0 Å². The van der Waals surface area contributed by atoms with Crippen LogP contribution < -0.4 is 20.1 Å². The smallest absolute Gasteiger partial charge is 0.393 e. The molecule has 1 unspecified atom stereocenters. The van der Waals surface area contributed by atoms with Crippen LogP contribution in [0.25, 0.3) is 10.1 Å². The van der Waals surface area contributed by atoms with Gasteiger partial charge in [0.2, 0.25) is 16.9 Å². The van der Waals surface area contributed by atoms with E-state index in [-0.39, 0.29) is 34.5 Å². The molecule has 42 heavy (non-hydrogen) atoms. The highest BCUT2D eigenvalue weighted by molar-refractivity contribution is 7.89. The molecular formula is C27H28F5N3O5S2. The lowest BCUT2D eigenvalue weighted by Gasteiger charge is -2.24. The van der Waals surface area contributed by atoms with E-state index in [1.165, 1.54) is 0 Å².